The second kappa shape index (κ2) is 11.2. The van der Waals surface area contributed by atoms with E-state index in [4.69, 9.17) is 11.5 Å². The van der Waals surface area contributed by atoms with Crippen molar-refractivity contribution in [3.8, 4) is 5.75 Å². The summed E-state index contributed by atoms with van der Waals surface area (Å²) in [5.41, 5.74) is 11.8. The van der Waals surface area contributed by atoms with E-state index in [1.165, 1.54) is 0 Å². The molecule has 0 fully saturated rings. The minimum atomic E-state index is -1.21. The summed E-state index contributed by atoms with van der Waals surface area (Å²) in [5.74, 6) is -4.33. The van der Waals surface area contributed by atoms with E-state index in [2.05, 4.69) is 10.6 Å². The first kappa shape index (κ1) is 23.2. The molecule has 7 N–H and O–H groups in total. The van der Waals surface area contributed by atoms with Gasteiger partial charge >= 0.3 is 0 Å². The molecule has 0 saturated heterocycles. The lowest BCUT2D eigenvalue weighted by molar-refractivity contribution is -0.127. The van der Waals surface area contributed by atoms with Crippen molar-refractivity contribution >= 4 is 17.5 Å². The summed E-state index contributed by atoms with van der Waals surface area (Å²) in [5, 5.41) is 14.6. The third-order valence-corrected chi connectivity index (χ3v) is 4.54. The molecule has 0 aliphatic carbocycles. The number of nitrogens with one attached hydrogen (secondary N) is 2. The molecule has 0 bridgehead atoms. The van der Waals surface area contributed by atoms with Crippen molar-refractivity contribution in [3.05, 3.63) is 59.7 Å². The number of halogens is 2. The summed E-state index contributed by atoms with van der Waals surface area (Å²) in [7, 11) is 0. The van der Waals surface area contributed by atoms with Crippen LogP contribution in [0.15, 0.2) is 42.5 Å². The first-order chi connectivity index (χ1) is 14.3. The van der Waals surface area contributed by atoms with Gasteiger partial charge in [-0.25, -0.2) is 8.78 Å². The number of hydrogen-bond donors (Lipinski definition) is 5. The quantitative estimate of drug-likeness (QED) is 0.374. The molecule has 2 atom stereocenters. The second-order valence-electron chi connectivity index (χ2n) is 6.90. The molecule has 2 aromatic rings. The van der Waals surface area contributed by atoms with Gasteiger partial charge in [0.25, 0.3) is 0 Å². The van der Waals surface area contributed by atoms with Crippen LogP contribution in [0.2, 0.25) is 0 Å². The molecular weight excluding hydrogens is 394 g/mol. The monoisotopic (exact) mass is 420 g/mol. The summed E-state index contributed by atoms with van der Waals surface area (Å²) in [6, 6.07) is 8.70. The number of rotatable bonds is 10. The van der Waals surface area contributed by atoms with Crippen LogP contribution in [0.4, 0.5) is 14.5 Å². The SMILES string of the molecule is NCCC[C@H](N)C(=O)N[C@H](CCc1ccccc1)C(=O)Nc1cc(F)cc(F)c1O. The largest absolute Gasteiger partial charge is 0.503 e. The molecule has 0 aliphatic heterocycles. The third kappa shape index (κ3) is 6.78. The Balaban J connectivity index is 2.14. The zero-order valence-corrected chi connectivity index (χ0v) is 16.4. The van der Waals surface area contributed by atoms with Crippen LogP contribution in [0.25, 0.3) is 0 Å². The van der Waals surface area contributed by atoms with Crippen LogP contribution in [-0.4, -0.2) is 35.5 Å². The average molecular weight is 420 g/mol. The number of aromatic hydroxyl groups is 1. The summed E-state index contributed by atoms with van der Waals surface area (Å²) < 4.78 is 27.0. The second-order valence-corrected chi connectivity index (χ2v) is 6.90. The third-order valence-electron chi connectivity index (χ3n) is 4.54. The normalized spacial score (nSPS) is 12.8. The Morgan fingerprint density at radius 3 is 2.43 bits per heavy atom. The average Bonchev–Trinajstić information content (AvgIpc) is 2.73. The van der Waals surface area contributed by atoms with Crippen LogP contribution < -0.4 is 22.1 Å². The molecule has 9 heteroatoms. The van der Waals surface area contributed by atoms with Gasteiger partial charge in [-0.15, -0.1) is 0 Å². The van der Waals surface area contributed by atoms with Crippen molar-refractivity contribution < 1.29 is 23.5 Å². The molecular formula is C21H26F2N4O3. The number of carbonyl (C=O) groups excluding carboxylic acids is 2. The number of phenolic OH excluding ortho intramolecular Hbond substituents is 1. The summed E-state index contributed by atoms with van der Waals surface area (Å²) >= 11 is 0. The van der Waals surface area contributed by atoms with Crippen LogP contribution in [0.1, 0.15) is 24.8 Å². The molecule has 0 spiro atoms. The number of amides is 2. The maximum absolute atomic E-state index is 13.6. The summed E-state index contributed by atoms with van der Waals surface area (Å²) in [4.78, 5) is 25.1. The van der Waals surface area contributed by atoms with Gasteiger partial charge in [-0.2, -0.15) is 0 Å². The van der Waals surface area contributed by atoms with Crippen molar-refractivity contribution in [2.45, 2.75) is 37.8 Å². The summed E-state index contributed by atoms with van der Waals surface area (Å²) in [6.45, 7) is 0.378. The zero-order valence-electron chi connectivity index (χ0n) is 16.4. The van der Waals surface area contributed by atoms with Crippen LogP contribution in [0.5, 0.6) is 5.75 Å². The lowest BCUT2D eigenvalue weighted by Gasteiger charge is -2.21. The Labute approximate surface area is 173 Å². The molecule has 0 unspecified atom stereocenters. The number of nitrogens with two attached hydrogens (primary N) is 2. The molecule has 2 amide bonds. The minimum absolute atomic E-state index is 0.212. The van der Waals surface area contributed by atoms with Crippen molar-refractivity contribution in [2.75, 3.05) is 11.9 Å². The van der Waals surface area contributed by atoms with Gasteiger partial charge in [0.15, 0.2) is 11.6 Å². The van der Waals surface area contributed by atoms with E-state index < -0.39 is 47.0 Å². The van der Waals surface area contributed by atoms with E-state index in [-0.39, 0.29) is 6.42 Å². The zero-order chi connectivity index (χ0) is 22.1. The molecule has 0 radical (unpaired) electrons. The maximum Gasteiger partial charge on any atom is 0.247 e. The van der Waals surface area contributed by atoms with E-state index in [1.54, 1.807) is 0 Å². The summed E-state index contributed by atoms with van der Waals surface area (Å²) in [6.07, 6.45) is 1.57. The van der Waals surface area contributed by atoms with Crippen molar-refractivity contribution in [2.24, 2.45) is 11.5 Å². The van der Waals surface area contributed by atoms with Crippen LogP contribution in [-0.2, 0) is 16.0 Å². The van der Waals surface area contributed by atoms with Gasteiger partial charge in [-0.3, -0.25) is 9.59 Å². The maximum atomic E-state index is 13.6. The topological polar surface area (TPSA) is 130 Å². The lowest BCUT2D eigenvalue weighted by atomic mass is 10.0. The van der Waals surface area contributed by atoms with E-state index in [0.717, 1.165) is 11.6 Å². The molecule has 0 saturated carbocycles. The van der Waals surface area contributed by atoms with E-state index in [0.29, 0.717) is 31.9 Å². The highest BCUT2D eigenvalue weighted by Crippen LogP contribution is 2.27. The number of carbonyl (C=O) groups is 2. The highest BCUT2D eigenvalue weighted by molar-refractivity contribution is 5.98. The van der Waals surface area contributed by atoms with Gasteiger partial charge in [-0.1, -0.05) is 30.3 Å². The molecule has 7 nitrogen and oxygen atoms in total. The van der Waals surface area contributed by atoms with Gasteiger partial charge in [0.1, 0.15) is 11.9 Å². The standard InChI is InChI=1S/C21H26F2N4O3/c22-14-11-15(23)19(28)18(12-14)27-21(30)17(9-8-13-5-2-1-3-6-13)26-20(29)16(25)7-4-10-24/h1-3,5-6,11-12,16-17,28H,4,7-10,24-25H2,(H,26,29)(H,27,30)/t16-,17+/m0/s1. The highest BCUT2D eigenvalue weighted by atomic mass is 19.1. The number of hydrogen-bond acceptors (Lipinski definition) is 5. The van der Waals surface area contributed by atoms with Gasteiger partial charge in [0.2, 0.25) is 11.8 Å². The fourth-order valence-electron chi connectivity index (χ4n) is 2.85. The molecule has 0 heterocycles. The van der Waals surface area contributed by atoms with Crippen LogP contribution in [0, 0.1) is 11.6 Å². The molecule has 2 rings (SSSR count). The fourth-order valence-corrected chi connectivity index (χ4v) is 2.85. The molecule has 162 valence electrons. The van der Waals surface area contributed by atoms with E-state index in [1.807, 2.05) is 30.3 Å². The predicted octanol–water partition coefficient (Wildman–Crippen LogP) is 1.79. The fraction of sp³-hybridized carbons (Fsp3) is 0.333. The first-order valence-electron chi connectivity index (χ1n) is 9.60. The Kier molecular flexibility index (Phi) is 8.70. The Bertz CT molecular complexity index is 865. The number of anilines is 1. The van der Waals surface area contributed by atoms with E-state index in [9.17, 15) is 23.5 Å². The van der Waals surface area contributed by atoms with Gasteiger partial charge in [0.05, 0.1) is 11.7 Å². The van der Waals surface area contributed by atoms with Gasteiger partial charge in [0, 0.05) is 12.1 Å². The van der Waals surface area contributed by atoms with Crippen molar-refractivity contribution in [1.82, 2.24) is 5.32 Å². The molecule has 0 aromatic heterocycles. The number of aryl methyl sites for hydroxylation is 1. The lowest BCUT2D eigenvalue weighted by Crippen LogP contribution is -2.50. The molecule has 0 aliphatic rings. The number of phenols is 1. The van der Waals surface area contributed by atoms with Crippen molar-refractivity contribution in [1.29, 1.82) is 0 Å². The van der Waals surface area contributed by atoms with Gasteiger partial charge in [-0.05, 0) is 37.8 Å². The van der Waals surface area contributed by atoms with Crippen LogP contribution in [0.3, 0.4) is 0 Å². The Morgan fingerprint density at radius 1 is 1.07 bits per heavy atom. The van der Waals surface area contributed by atoms with Gasteiger partial charge < -0.3 is 27.2 Å². The number of benzene rings is 2. The highest BCUT2D eigenvalue weighted by Gasteiger charge is 2.25. The Morgan fingerprint density at radius 2 is 1.77 bits per heavy atom. The predicted molar refractivity (Wildman–Crippen MR) is 110 cm³/mol. The molecule has 30 heavy (non-hydrogen) atoms. The smallest absolute Gasteiger partial charge is 0.247 e. The molecule has 2 aromatic carbocycles. The van der Waals surface area contributed by atoms with E-state index >= 15 is 0 Å². The first-order valence-corrected chi connectivity index (χ1v) is 9.60. The minimum Gasteiger partial charge on any atom is -0.503 e. The Hall–Kier alpha value is -3.04. The van der Waals surface area contributed by atoms with Crippen LogP contribution >= 0.6 is 0 Å². The van der Waals surface area contributed by atoms with Crippen molar-refractivity contribution in [3.63, 3.8) is 0 Å².